The Bertz CT molecular complexity index is 947. The van der Waals surface area contributed by atoms with Gasteiger partial charge in [0, 0.05) is 29.1 Å². The predicted octanol–water partition coefficient (Wildman–Crippen LogP) is 6.03. The van der Waals surface area contributed by atoms with Gasteiger partial charge in [-0.3, -0.25) is 0 Å². The number of carbonyl (C=O) groups excluding carboxylic acids is 1. The van der Waals surface area contributed by atoms with Gasteiger partial charge < -0.3 is 24.3 Å². The van der Waals surface area contributed by atoms with Crippen LogP contribution in [0.25, 0.3) is 0 Å². The summed E-state index contributed by atoms with van der Waals surface area (Å²) in [5.41, 5.74) is 4.23. The molecule has 0 aromatic heterocycles. The van der Waals surface area contributed by atoms with Crippen molar-refractivity contribution in [2.45, 2.75) is 51.7 Å². The Labute approximate surface area is 181 Å². The van der Waals surface area contributed by atoms with Gasteiger partial charge in [-0.1, -0.05) is 37.6 Å². The molecule has 30 heavy (non-hydrogen) atoms. The second-order valence-corrected chi connectivity index (χ2v) is 8.01. The number of hydrogen-bond donors (Lipinski definition) is 1. The van der Waals surface area contributed by atoms with E-state index in [1.54, 1.807) is 13.0 Å². The average Bonchev–Trinajstić information content (AvgIpc) is 3.19. The SMILES string of the molecule is CCOC(=O)OC1CC(c2cc3c(cc2Cl)OCO3)c2cc(C(C)CC)ccc2N1. The molecule has 2 aromatic rings. The molecule has 160 valence electrons. The van der Waals surface area contributed by atoms with Gasteiger partial charge in [-0.15, -0.1) is 0 Å². The quantitative estimate of drug-likeness (QED) is 0.583. The zero-order valence-corrected chi connectivity index (χ0v) is 18.1. The molecule has 0 spiro atoms. The third-order valence-corrected chi connectivity index (χ3v) is 6.09. The molecule has 2 heterocycles. The van der Waals surface area contributed by atoms with Gasteiger partial charge in [-0.25, -0.2) is 4.79 Å². The van der Waals surface area contributed by atoms with Gasteiger partial charge in [0.05, 0.1) is 6.61 Å². The maximum Gasteiger partial charge on any atom is 0.510 e. The first-order valence-corrected chi connectivity index (χ1v) is 10.7. The van der Waals surface area contributed by atoms with Crippen molar-refractivity contribution in [2.24, 2.45) is 0 Å². The highest BCUT2D eigenvalue weighted by Crippen LogP contribution is 2.46. The van der Waals surface area contributed by atoms with E-state index in [1.165, 1.54) is 5.56 Å². The molecule has 0 saturated heterocycles. The minimum atomic E-state index is -0.690. The summed E-state index contributed by atoms with van der Waals surface area (Å²) in [5, 5.41) is 3.92. The minimum absolute atomic E-state index is 0.0771. The fraction of sp³-hybridized carbons (Fsp3) is 0.435. The Morgan fingerprint density at radius 3 is 2.70 bits per heavy atom. The zero-order valence-electron chi connectivity index (χ0n) is 17.4. The third kappa shape index (κ3) is 4.01. The van der Waals surface area contributed by atoms with Crippen molar-refractivity contribution in [3.63, 3.8) is 0 Å². The van der Waals surface area contributed by atoms with E-state index in [1.807, 2.05) is 12.1 Å². The van der Waals surface area contributed by atoms with E-state index in [4.69, 9.17) is 30.5 Å². The van der Waals surface area contributed by atoms with E-state index in [0.717, 1.165) is 23.2 Å². The number of carbonyl (C=O) groups is 1. The molecule has 0 aliphatic carbocycles. The lowest BCUT2D eigenvalue weighted by atomic mass is 9.82. The Morgan fingerprint density at radius 1 is 1.20 bits per heavy atom. The summed E-state index contributed by atoms with van der Waals surface area (Å²) in [4.78, 5) is 11.9. The van der Waals surface area contributed by atoms with E-state index in [0.29, 0.717) is 28.9 Å². The smallest absolute Gasteiger partial charge is 0.454 e. The number of hydrogen-bond acceptors (Lipinski definition) is 6. The first kappa shape index (κ1) is 20.7. The second-order valence-electron chi connectivity index (χ2n) is 7.61. The summed E-state index contributed by atoms with van der Waals surface area (Å²) in [6.45, 7) is 6.59. The number of anilines is 1. The lowest BCUT2D eigenvalue weighted by molar-refractivity contribution is 0.0301. The highest BCUT2D eigenvalue weighted by molar-refractivity contribution is 6.31. The van der Waals surface area contributed by atoms with Crippen molar-refractivity contribution < 1.29 is 23.7 Å². The summed E-state index contributed by atoms with van der Waals surface area (Å²) >= 11 is 6.65. The van der Waals surface area contributed by atoms with Crippen molar-refractivity contribution in [2.75, 3.05) is 18.7 Å². The van der Waals surface area contributed by atoms with Crippen molar-refractivity contribution in [1.29, 1.82) is 0 Å². The molecule has 1 N–H and O–H groups in total. The normalized spacial score (nSPS) is 20.1. The van der Waals surface area contributed by atoms with Crippen LogP contribution in [0.5, 0.6) is 11.5 Å². The average molecular weight is 432 g/mol. The van der Waals surface area contributed by atoms with Crippen molar-refractivity contribution >= 4 is 23.4 Å². The van der Waals surface area contributed by atoms with Gasteiger partial charge in [0.15, 0.2) is 17.7 Å². The molecule has 0 radical (unpaired) electrons. The van der Waals surface area contributed by atoms with Gasteiger partial charge >= 0.3 is 6.16 Å². The fourth-order valence-corrected chi connectivity index (χ4v) is 4.24. The molecular formula is C23H26ClNO5. The first-order chi connectivity index (χ1) is 14.5. The molecule has 3 unspecified atom stereocenters. The van der Waals surface area contributed by atoms with Gasteiger partial charge in [0.25, 0.3) is 0 Å². The first-order valence-electron chi connectivity index (χ1n) is 10.3. The molecule has 0 saturated carbocycles. The molecule has 2 aliphatic rings. The fourth-order valence-electron chi connectivity index (χ4n) is 3.96. The number of rotatable bonds is 5. The monoisotopic (exact) mass is 431 g/mol. The highest BCUT2D eigenvalue weighted by atomic mass is 35.5. The third-order valence-electron chi connectivity index (χ3n) is 5.77. The Kier molecular flexibility index (Phi) is 5.95. The topological polar surface area (TPSA) is 66.0 Å². The van der Waals surface area contributed by atoms with Crippen LogP contribution in [0.1, 0.15) is 62.1 Å². The molecule has 2 aliphatic heterocycles. The van der Waals surface area contributed by atoms with Gasteiger partial charge in [-0.05, 0) is 48.1 Å². The molecule has 0 bridgehead atoms. The number of nitrogens with one attached hydrogen (secondary N) is 1. The van der Waals surface area contributed by atoms with Crippen LogP contribution in [-0.4, -0.2) is 25.8 Å². The van der Waals surface area contributed by atoms with Crippen molar-refractivity contribution in [3.8, 4) is 11.5 Å². The molecular weight excluding hydrogens is 406 g/mol. The maximum atomic E-state index is 11.9. The molecule has 0 fully saturated rings. The number of halogens is 1. The Morgan fingerprint density at radius 2 is 1.97 bits per heavy atom. The van der Waals surface area contributed by atoms with Crippen LogP contribution in [0.2, 0.25) is 5.02 Å². The van der Waals surface area contributed by atoms with Crippen LogP contribution in [0.15, 0.2) is 30.3 Å². The predicted molar refractivity (Wildman–Crippen MR) is 115 cm³/mol. The standard InChI is InChI=1S/C23H26ClNO5/c1-4-13(3)14-6-7-19-17(8-14)15(10-22(25-19)30-23(26)27-5-2)16-9-20-21(11-18(16)24)29-12-28-20/h6-9,11,13,15,22,25H,4-5,10,12H2,1-3H3. The summed E-state index contributed by atoms with van der Waals surface area (Å²) in [6.07, 6.45) is 0.355. The van der Waals surface area contributed by atoms with Crippen LogP contribution < -0.4 is 14.8 Å². The molecule has 3 atom stereocenters. The Balaban J connectivity index is 1.74. The van der Waals surface area contributed by atoms with Crippen molar-refractivity contribution in [3.05, 3.63) is 52.0 Å². The summed E-state index contributed by atoms with van der Waals surface area (Å²) in [7, 11) is 0. The summed E-state index contributed by atoms with van der Waals surface area (Å²) < 4.78 is 21.5. The molecule has 6 nitrogen and oxygen atoms in total. The number of benzene rings is 2. The van der Waals surface area contributed by atoms with Crippen LogP contribution >= 0.6 is 11.6 Å². The minimum Gasteiger partial charge on any atom is -0.454 e. The Hall–Kier alpha value is -2.60. The summed E-state index contributed by atoms with van der Waals surface area (Å²) in [5.74, 6) is 1.68. The maximum absolute atomic E-state index is 11.9. The van der Waals surface area contributed by atoms with Gasteiger partial charge in [-0.2, -0.15) is 0 Å². The molecule has 0 amide bonds. The molecule has 7 heteroatoms. The largest absolute Gasteiger partial charge is 0.510 e. The summed E-state index contributed by atoms with van der Waals surface area (Å²) in [6, 6.07) is 10.1. The van der Waals surface area contributed by atoms with E-state index in [-0.39, 0.29) is 19.3 Å². The van der Waals surface area contributed by atoms with E-state index in [2.05, 4.69) is 31.3 Å². The second kappa shape index (κ2) is 8.64. The van der Waals surface area contributed by atoms with E-state index < -0.39 is 12.4 Å². The van der Waals surface area contributed by atoms with Crippen molar-refractivity contribution in [1.82, 2.24) is 0 Å². The zero-order chi connectivity index (χ0) is 21.3. The van der Waals surface area contributed by atoms with Gasteiger partial charge in [0.1, 0.15) is 0 Å². The highest BCUT2D eigenvalue weighted by Gasteiger charge is 2.33. The lowest BCUT2D eigenvalue weighted by Gasteiger charge is -2.34. The van der Waals surface area contributed by atoms with Crippen LogP contribution in [0.4, 0.5) is 10.5 Å². The molecule has 4 rings (SSSR count). The lowest BCUT2D eigenvalue weighted by Crippen LogP contribution is -2.33. The van der Waals surface area contributed by atoms with Crippen LogP contribution in [0.3, 0.4) is 0 Å². The number of ether oxygens (including phenoxy) is 4. The van der Waals surface area contributed by atoms with Crippen LogP contribution in [0, 0.1) is 0 Å². The van der Waals surface area contributed by atoms with E-state index >= 15 is 0 Å². The van der Waals surface area contributed by atoms with Gasteiger partial charge in [0.2, 0.25) is 6.79 Å². The molecule has 2 aromatic carbocycles. The van der Waals surface area contributed by atoms with E-state index in [9.17, 15) is 4.79 Å². The number of fused-ring (bicyclic) bond motifs is 2. The van der Waals surface area contributed by atoms with Crippen LogP contribution in [-0.2, 0) is 9.47 Å².